The third kappa shape index (κ3) is 2.92. The van der Waals surface area contributed by atoms with Crippen molar-refractivity contribution in [1.29, 1.82) is 0 Å². The van der Waals surface area contributed by atoms with Gasteiger partial charge in [0, 0.05) is 4.47 Å². The molecular weight excluding hydrogens is 340 g/mol. The zero-order valence-corrected chi connectivity index (χ0v) is 13.3. The van der Waals surface area contributed by atoms with Crippen molar-refractivity contribution in [3.8, 4) is 0 Å². The molecule has 1 N–H and O–H groups in total. The van der Waals surface area contributed by atoms with E-state index in [1.165, 1.54) is 0 Å². The number of amides is 3. The van der Waals surface area contributed by atoms with Gasteiger partial charge in [-0.25, -0.2) is 4.79 Å². The summed E-state index contributed by atoms with van der Waals surface area (Å²) in [4.78, 5) is 36.8. The number of nitrogens with one attached hydrogen (secondary N) is 1. The first-order valence-electron chi connectivity index (χ1n) is 6.44. The SMILES string of the molecule is CCOC(=O)CN1C(=O)N[C@@](C)(c2ccc(Br)cc2)C1=O. The Morgan fingerprint density at radius 1 is 1.33 bits per heavy atom. The van der Waals surface area contributed by atoms with Crippen molar-refractivity contribution in [3.05, 3.63) is 34.3 Å². The lowest BCUT2D eigenvalue weighted by Gasteiger charge is -2.22. The molecule has 1 aromatic rings. The molecule has 1 aliphatic heterocycles. The Balaban J connectivity index is 2.24. The molecule has 1 saturated heterocycles. The molecule has 0 aliphatic carbocycles. The predicted octanol–water partition coefficient (Wildman–Crippen LogP) is 1.78. The van der Waals surface area contributed by atoms with Gasteiger partial charge in [-0.1, -0.05) is 28.1 Å². The quantitative estimate of drug-likeness (QED) is 0.660. The van der Waals surface area contributed by atoms with Gasteiger partial charge in [-0.3, -0.25) is 14.5 Å². The number of ether oxygens (including phenoxy) is 1. The predicted molar refractivity (Wildman–Crippen MR) is 78.4 cm³/mol. The summed E-state index contributed by atoms with van der Waals surface area (Å²) in [6.07, 6.45) is 0. The van der Waals surface area contributed by atoms with E-state index >= 15 is 0 Å². The van der Waals surface area contributed by atoms with Gasteiger partial charge in [0.25, 0.3) is 5.91 Å². The Kier molecular flexibility index (Phi) is 4.32. The highest BCUT2D eigenvalue weighted by Crippen LogP contribution is 2.29. The minimum Gasteiger partial charge on any atom is -0.465 e. The van der Waals surface area contributed by atoms with E-state index in [1.54, 1.807) is 38.1 Å². The molecule has 3 amide bonds. The van der Waals surface area contributed by atoms with Crippen LogP contribution >= 0.6 is 15.9 Å². The highest BCUT2D eigenvalue weighted by atomic mass is 79.9. The van der Waals surface area contributed by atoms with Crippen LogP contribution in [0.1, 0.15) is 19.4 Å². The first-order chi connectivity index (χ1) is 9.88. The Hall–Kier alpha value is -1.89. The molecule has 0 radical (unpaired) electrons. The molecule has 1 heterocycles. The van der Waals surface area contributed by atoms with E-state index < -0.39 is 23.4 Å². The summed E-state index contributed by atoms with van der Waals surface area (Å²) in [6.45, 7) is 3.09. The average molecular weight is 355 g/mol. The number of esters is 1. The van der Waals surface area contributed by atoms with Gasteiger partial charge in [0.15, 0.2) is 0 Å². The first-order valence-corrected chi connectivity index (χ1v) is 7.23. The first kappa shape index (κ1) is 15.5. The van der Waals surface area contributed by atoms with Crippen molar-refractivity contribution in [3.63, 3.8) is 0 Å². The van der Waals surface area contributed by atoms with Crippen LogP contribution in [0, 0.1) is 0 Å². The standard InChI is InChI=1S/C14H15BrN2O4/c1-3-21-11(18)8-17-12(19)14(2,16-13(17)20)9-4-6-10(15)7-5-9/h4-7H,3,8H2,1-2H3,(H,16,20)/t14-/m0/s1. The van der Waals surface area contributed by atoms with Gasteiger partial charge in [-0.15, -0.1) is 0 Å². The number of halogens is 1. The van der Waals surface area contributed by atoms with Gasteiger partial charge in [-0.05, 0) is 31.5 Å². The number of urea groups is 1. The smallest absolute Gasteiger partial charge is 0.326 e. The number of hydrogen-bond acceptors (Lipinski definition) is 4. The maximum Gasteiger partial charge on any atom is 0.326 e. The van der Waals surface area contributed by atoms with Crippen molar-refractivity contribution in [2.24, 2.45) is 0 Å². The van der Waals surface area contributed by atoms with Crippen LogP contribution < -0.4 is 5.32 Å². The normalized spacial score (nSPS) is 21.4. The average Bonchev–Trinajstić information content (AvgIpc) is 2.64. The zero-order valence-electron chi connectivity index (χ0n) is 11.7. The van der Waals surface area contributed by atoms with Crippen LogP contribution in [0.3, 0.4) is 0 Å². The number of carbonyl (C=O) groups is 3. The van der Waals surface area contributed by atoms with E-state index in [4.69, 9.17) is 4.74 Å². The second kappa shape index (κ2) is 5.85. The van der Waals surface area contributed by atoms with E-state index in [0.29, 0.717) is 5.56 Å². The van der Waals surface area contributed by atoms with E-state index in [1.807, 2.05) is 0 Å². The lowest BCUT2D eigenvalue weighted by atomic mass is 9.92. The number of rotatable bonds is 4. The molecule has 0 spiro atoms. The van der Waals surface area contributed by atoms with E-state index in [9.17, 15) is 14.4 Å². The van der Waals surface area contributed by atoms with Gasteiger partial charge < -0.3 is 10.1 Å². The Labute approximate surface area is 130 Å². The molecule has 0 unspecified atom stereocenters. The van der Waals surface area contributed by atoms with Crippen molar-refractivity contribution in [2.75, 3.05) is 13.2 Å². The molecule has 2 rings (SSSR count). The summed E-state index contributed by atoms with van der Waals surface area (Å²) >= 11 is 3.32. The van der Waals surface area contributed by atoms with Crippen LogP contribution in [0.5, 0.6) is 0 Å². The topological polar surface area (TPSA) is 75.7 Å². The lowest BCUT2D eigenvalue weighted by Crippen LogP contribution is -2.41. The molecule has 0 aromatic heterocycles. The third-order valence-electron chi connectivity index (χ3n) is 3.29. The Morgan fingerprint density at radius 2 is 1.95 bits per heavy atom. The second-order valence-corrected chi connectivity index (χ2v) is 5.67. The van der Waals surface area contributed by atoms with Crippen LogP contribution in [0.2, 0.25) is 0 Å². The molecule has 0 bridgehead atoms. The minimum absolute atomic E-state index is 0.201. The fourth-order valence-electron chi connectivity index (χ4n) is 2.16. The molecule has 112 valence electrons. The summed E-state index contributed by atoms with van der Waals surface area (Å²) in [5.41, 5.74) is -0.528. The van der Waals surface area contributed by atoms with Gasteiger partial charge in [0.05, 0.1) is 6.61 Å². The summed E-state index contributed by atoms with van der Waals surface area (Å²) in [5, 5.41) is 2.63. The lowest BCUT2D eigenvalue weighted by molar-refractivity contribution is -0.147. The van der Waals surface area contributed by atoms with Crippen molar-refractivity contribution in [1.82, 2.24) is 10.2 Å². The largest absolute Gasteiger partial charge is 0.465 e. The fraction of sp³-hybridized carbons (Fsp3) is 0.357. The van der Waals surface area contributed by atoms with Gasteiger partial charge in [0.2, 0.25) is 0 Å². The molecule has 0 saturated carbocycles. The van der Waals surface area contributed by atoms with Crippen molar-refractivity contribution >= 4 is 33.8 Å². The van der Waals surface area contributed by atoms with Crippen LogP contribution in [0.4, 0.5) is 4.79 Å². The second-order valence-electron chi connectivity index (χ2n) is 4.76. The number of nitrogens with zero attached hydrogens (tertiary/aromatic N) is 1. The molecule has 21 heavy (non-hydrogen) atoms. The minimum atomic E-state index is -1.18. The highest BCUT2D eigenvalue weighted by Gasteiger charge is 2.49. The summed E-state index contributed by atoms with van der Waals surface area (Å²) in [5.74, 6) is -1.08. The molecule has 7 heteroatoms. The molecule has 1 atom stereocenters. The number of carbonyl (C=O) groups excluding carboxylic acids is 3. The van der Waals surface area contributed by atoms with Gasteiger partial charge >= 0.3 is 12.0 Å². The van der Waals surface area contributed by atoms with E-state index in [0.717, 1.165) is 9.37 Å². The van der Waals surface area contributed by atoms with Crippen LogP contribution in [-0.2, 0) is 19.9 Å². The summed E-state index contributed by atoms with van der Waals surface area (Å²) in [6, 6.07) is 6.47. The fourth-order valence-corrected chi connectivity index (χ4v) is 2.42. The van der Waals surface area contributed by atoms with Crippen molar-refractivity contribution in [2.45, 2.75) is 19.4 Å². The highest BCUT2D eigenvalue weighted by molar-refractivity contribution is 9.10. The Bertz CT molecular complexity index is 587. The molecule has 6 nitrogen and oxygen atoms in total. The molecule has 1 fully saturated rings. The van der Waals surface area contributed by atoms with Crippen LogP contribution in [-0.4, -0.2) is 36.0 Å². The van der Waals surface area contributed by atoms with E-state index in [-0.39, 0.29) is 13.2 Å². The third-order valence-corrected chi connectivity index (χ3v) is 3.82. The van der Waals surface area contributed by atoms with Crippen LogP contribution in [0.15, 0.2) is 28.7 Å². The van der Waals surface area contributed by atoms with E-state index in [2.05, 4.69) is 21.2 Å². The zero-order chi connectivity index (χ0) is 15.6. The maximum absolute atomic E-state index is 12.5. The number of benzene rings is 1. The summed E-state index contributed by atoms with van der Waals surface area (Å²) < 4.78 is 5.64. The molecular formula is C14H15BrN2O4. The molecule has 1 aliphatic rings. The molecule has 1 aromatic carbocycles. The maximum atomic E-state index is 12.5. The van der Waals surface area contributed by atoms with Gasteiger partial charge in [0.1, 0.15) is 12.1 Å². The van der Waals surface area contributed by atoms with Gasteiger partial charge in [-0.2, -0.15) is 0 Å². The number of imide groups is 1. The monoisotopic (exact) mass is 354 g/mol. The Morgan fingerprint density at radius 3 is 2.52 bits per heavy atom. The number of hydrogen-bond donors (Lipinski definition) is 1. The van der Waals surface area contributed by atoms with Crippen molar-refractivity contribution < 1.29 is 19.1 Å². The van der Waals surface area contributed by atoms with Crippen LogP contribution in [0.25, 0.3) is 0 Å². The summed E-state index contributed by atoms with van der Waals surface area (Å²) in [7, 11) is 0.